The molecule has 1 aliphatic rings. The molecule has 1 fully saturated rings. The number of nitrogens with zero attached hydrogens (tertiary/aromatic N) is 1. The van der Waals surface area contributed by atoms with E-state index in [2.05, 4.69) is 10.6 Å². The number of rotatable bonds is 6. The summed E-state index contributed by atoms with van der Waals surface area (Å²) in [5.41, 5.74) is -0.379. The Morgan fingerprint density at radius 2 is 1.86 bits per heavy atom. The van der Waals surface area contributed by atoms with Gasteiger partial charge in [0, 0.05) is 18.6 Å². The van der Waals surface area contributed by atoms with Crippen LogP contribution in [0.4, 0.5) is 0 Å². The molecule has 2 rings (SSSR count). The first kappa shape index (κ1) is 22.2. The molecule has 0 aliphatic carbocycles. The fourth-order valence-electron chi connectivity index (χ4n) is 3.05. The van der Waals surface area contributed by atoms with Gasteiger partial charge in [-0.15, -0.1) is 0 Å². The Bertz CT molecular complexity index is 800. The first-order chi connectivity index (χ1) is 13.0. The highest BCUT2D eigenvalue weighted by Gasteiger charge is 2.33. The van der Waals surface area contributed by atoms with Gasteiger partial charge >= 0.3 is 0 Å². The number of sulfonamides is 1. The summed E-state index contributed by atoms with van der Waals surface area (Å²) in [6.07, 6.45) is 1.17. The van der Waals surface area contributed by atoms with Crippen molar-refractivity contribution in [3.63, 3.8) is 0 Å². The molecule has 0 bridgehead atoms. The summed E-state index contributed by atoms with van der Waals surface area (Å²) >= 11 is 0. The molecule has 156 valence electrons. The molecule has 9 heteroatoms. The Labute approximate surface area is 166 Å². The summed E-state index contributed by atoms with van der Waals surface area (Å²) in [7, 11) is -2.18. The fraction of sp³-hybridized carbons (Fsp3) is 0.579. The topological polar surface area (TPSA) is 105 Å². The normalized spacial score (nSPS) is 18.4. The Hall–Kier alpha value is -2.13. The summed E-state index contributed by atoms with van der Waals surface area (Å²) < 4.78 is 32.1. The summed E-state index contributed by atoms with van der Waals surface area (Å²) in [6.45, 7) is 5.91. The Morgan fingerprint density at radius 3 is 2.43 bits per heavy atom. The monoisotopic (exact) mass is 411 g/mol. The maximum atomic E-state index is 12.9. The molecule has 0 spiro atoms. The molecular formula is C19H29N3O5S. The highest BCUT2D eigenvalue weighted by atomic mass is 32.2. The van der Waals surface area contributed by atoms with E-state index in [9.17, 15) is 18.0 Å². The zero-order valence-electron chi connectivity index (χ0n) is 16.8. The largest absolute Gasteiger partial charge is 0.497 e. The predicted molar refractivity (Wildman–Crippen MR) is 105 cm³/mol. The molecule has 2 N–H and O–H groups in total. The molecule has 0 unspecified atom stereocenters. The Balaban J connectivity index is 1.98. The zero-order valence-corrected chi connectivity index (χ0v) is 17.6. The van der Waals surface area contributed by atoms with E-state index in [0.29, 0.717) is 25.1 Å². The van der Waals surface area contributed by atoms with Crippen LogP contribution in [0.3, 0.4) is 0 Å². The van der Waals surface area contributed by atoms with Crippen LogP contribution >= 0.6 is 0 Å². The van der Waals surface area contributed by atoms with Crippen LogP contribution in [-0.2, 0) is 19.6 Å². The highest BCUT2D eigenvalue weighted by Crippen LogP contribution is 2.25. The van der Waals surface area contributed by atoms with Gasteiger partial charge in [0.1, 0.15) is 5.75 Å². The van der Waals surface area contributed by atoms with E-state index in [4.69, 9.17) is 4.74 Å². The number of piperidine rings is 1. The average molecular weight is 412 g/mol. The quantitative estimate of drug-likeness (QED) is 0.730. The van der Waals surface area contributed by atoms with E-state index in [-0.39, 0.29) is 35.3 Å². The number of benzene rings is 1. The van der Waals surface area contributed by atoms with Gasteiger partial charge in [-0.1, -0.05) is 0 Å². The van der Waals surface area contributed by atoms with E-state index < -0.39 is 15.9 Å². The number of hydrogen-bond acceptors (Lipinski definition) is 5. The van der Waals surface area contributed by atoms with Crippen LogP contribution in [0, 0.1) is 5.92 Å². The zero-order chi connectivity index (χ0) is 20.9. The lowest BCUT2D eigenvalue weighted by molar-refractivity contribution is -0.129. The number of hydrogen-bond donors (Lipinski definition) is 2. The maximum Gasteiger partial charge on any atom is 0.243 e. The van der Waals surface area contributed by atoms with Crippen molar-refractivity contribution in [2.24, 2.45) is 5.92 Å². The number of methoxy groups -OCH3 is 1. The van der Waals surface area contributed by atoms with Gasteiger partial charge in [-0.3, -0.25) is 9.59 Å². The van der Waals surface area contributed by atoms with E-state index in [1.165, 1.54) is 23.5 Å². The van der Waals surface area contributed by atoms with Crippen molar-refractivity contribution in [1.82, 2.24) is 14.9 Å². The van der Waals surface area contributed by atoms with E-state index in [0.717, 1.165) is 0 Å². The number of nitrogens with one attached hydrogen (secondary N) is 2. The third kappa shape index (κ3) is 5.93. The summed E-state index contributed by atoms with van der Waals surface area (Å²) in [5, 5.41) is 5.38. The summed E-state index contributed by atoms with van der Waals surface area (Å²) in [6, 6.07) is 6.17. The molecule has 0 saturated carbocycles. The molecule has 1 aromatic carbocycles. The number of ether oxygens (including phenoxy) is 1. The van der Waals surface area contributed by atoms with Crippen molar-refractivity contribution >= 4 is 21.8 Å². The predicted octanol–water partition coefficient (Wildman–Crippen LogP) is 1.13. The van der Waals surface area contributed by atoms with Crippen molar-refractivity contribution in [1.29, 1.82) is 0 Å². The maximum absolute atomic E-state index is 12.9. The first-order valence-electron chi connectivity index (χ1n) is 9.26. The summed E-state index contributed by atoms with van der Waals surface area (Å²) in [5.74, 6) is -0.495. The average Bonchev–Trinajstić information content (AvgIpc) is 2.65. The lowest BCUT2D eigenvalue weighted by Crippen LogP contribution is -2.49. The first-order valence-corrected chi connectivity index (χ1v) is 10.7. The second-order valence-electron chi connectivity index (χ2n) is 7.89. The molecule has 1 aromatic rings. The van der Waals surface area contributed by atoms with E-state index >= 15 is 0 Å². The van der Waals surface area contributed by atoms with Crippen molar-refractivity contribution in [2.45, 2.75) is 44.0 Å². The standard InChI is InChI=1S/C19H29N3O5S/c1-19(2,3)21-17(23)12-20-18(24)14-6-5-11-22(13-14)28(25,26)16-9-7-15(27-4)8-10-16/h7-10,14H,5-6,11-13H2,1-4H3,(H,20,24)(H,21,23)/t14-/m0/s1. The lowest BCUT2D eigenvalue weighted by Gasteiger charge is -2.31. The number of carbonyl (C=O) groups is 2. The molecular weight excluding hydrogens is 382 g/mol. The van der Waals surface area contributed by atoms with Gasteiger partial charge in [-0.25, -0.2) is 8.42 Å². The molecule has 8 nitrogen and oxygen atoms in total. The highest BCUT2D eigenvalue weighted by molar-refractivity contribution is 7.89. The fourth-order valence-corrected chi connectivity index (χ4v) is 4.57. The second-order valence-corrected chi connectivity index (χ2v) is 9.83. The van der Waals surface area contributed by atoms with E-state index in [1.54, 1.807) is 12.1 Å². The Kier molecular flexibility index (Phi) is 7.06. The van der Waals surface area contributed by atoms with Gasteiger partial charge in [0.25, 0.3) is 0 Å². The molecule has 1 heterocycles. The molecule has 1 aliphatic heterocycles. The van der Waals surface area contributed by atoms with Crippen LogP contribution in [0.15, 0.2) is 29.2 Å². The third-order valence-electron chi connectivity index (χ3n) is 4.39. The van der Waals surface area contributed by atoms with Crippen LogP contribution in [-0.4, -0.2) is 56.8 Å². The van der Waals surface area contributed by atoms with Crippen molar-refractivity contribution in [3.8, 4) is 5.75 Å². The molecule has 0 radical (unpaired) electrons. The van der Waals surface area contributed by atoms with Gasteiger partial charge in [-0.2, -0.15) is 4.31 Å². The smallest absolute Gasteiger partial charge is 0.243 e. The van der Waals surface area contributed by atoms with Gasteiger partial charge in [-0.05, 0) is 57.9 Å². The molecule has 1 atom stereocenters. The minimum atomic E-state index is -3.69. The molecule has 28 heavy (non-hydrogen) atoms. The van der Waals surface area contributed by atoms with Crippen LogP contribution in [0.2, 0.25) is 0 Å². The van der Waals surface area contributed by atoms with Gasteiger partial charge in [0.15, 0.2) is 0 Å². The van der Waals surface area contributed by atoms with Gasteiger partial charge < -0.3 is 15.4 Å². The molecule has 2 amide bonds. The van der Waals surface area contributed by atoms with Gasteiger partial charge in [0.2, 0.25) is 21.8 Å². The molecule has 0 aromatic heterocycles. The Morgan fingerprint density at radius 1 is 1.21 bits per heavy atom. The van der Waals surface area contributed by atoms with Crippen LogP contribution in [0.5, 0.6) is 5.75 Å². The van der Waals surface area contributed by atoms with Crippen LogP contribution < -0.4 is 15.4 Å². The number of carbonyl (C=O) groups excluding carboxylic acids is 2. The lowest BCUT2D eigenvalue weighted by atomic mass is 9.99. The minimum Gasteiger partial charge on any atom is -0.497 e. The minimum absolute atomic E-state index is 0.0983. The van der Waals surface area contributed by atoms with E-state index in [1.807, 2.05) is 20.8 Å². The SMILES string of the molecule is COc1ccc(S(=O)(=O)N2CCC[C@H](C(=O)NCC(=O)NC(C)(C)C)C2)cc1. The van der Waals surface area contributed by atoms with Crippen molar-refractivity contribution in [2.75, 3.05) is 26.7 Å². The van der Waals surface area contributed by atoms with Crippen LogP contribution in [0.1, 0.15) is 33.6 Å². The van der Waals surface area contributed by atoms with Gasteiger partial charge in [0.05, 0.1) is 24.5 Å². The van der Waals surface area contributed by atoms with Crippen LogP contribution in [0.25, 0.3) is 0 Å². The second kappa shape index (κ2) is 8.91. The van der Waals surface area contributed by atoms with Crippen molar-refractivity contribution < 1.29 is 22.7 Å². The number of amides is 2. The molecule has 1 saturated heterocycles. The summed E-state index contributed by atoms with van der Waals surface area (Å²) in [4.78, 5) is 24.5. The van der Waals surface area contributed by atoms with Crippen molar-refractivity contribution in [3.05, 3.63) is 24.3 Å². The third-order valence-corrected chi connectivity index (χ3v) is 6.27.